The van der Waals surface area contributed by atoms with E-state index in [0.29, 0.717) is 10.7 Å². The predicted molar refractivity (Wildman–Crippen MR) is 81.3 cm³/mol. The Balaban J connectivity index is 2.18. The molecule has 0 aliphatic rings. The van der Waals surface area contributed by atoms with Crippen LogP contribution in [-0.4, -0.2) is 30.3 Å². The van der Waals surface area contributed by atoms with E-state index in [2.05, 4.69) is 20.5 Å². The molecular formula is C15H10ClF4N5O. The van der Waals surface area contributed by atoms with E-state index >= 15 is 8.78 Å². The number of nitrogens with zero attached hydrogens (tertiary/aromatic N) is 5. The highest BCUT2D eigenvalue weighted by Crippen LogP contribution is 2.47. The number of pyridine rings is 1. The molecule has 6 nitrogen and oxygen atoms in total. The van der Waals surface area contributed by atoms with E-state index < -0.39 is 41.0 Å². The third kappa shape index (κ3) is 3.13. The van der Waals surface area contributed by atoms with E-state index in [1.54, 1.807) is 0 Å². The van der Waals surface area contributed by atoms with E-state index in [0.717, 1.165) is 30.7 Å². The Labute approximate surface area is 149 Å². The molecule has 0 radical (unpaired) electrons. The molecule has 0 bridgehead atoms. The van der Waals surface area contributed by atoms with Gasteiger partial charge in [0.1, 0.15) is 18.0 Å². The minimum Gasteiger partial charge on any atom is -0.377 e. The molecule has 136 valence electrons. The molecule has 26 heavy (non-hydrogen) atoms. The van der Waals surface area contributed by atoms with Crippen molar-refractivity contribution in [3.63, 3.8) is 0 Å². The number of aromatic nitrogens is 5. The molecule has 1 N–H and O–H groups in total. The highest BCUT2D eigenvalue weighted by molar-refractivity contribution is 6.30. The molecule has 0 saturated carbocycles. The van der Waals surface area contributed by atoms with Crippen LogP contribution in [0, 0.1) is 11.6 Å². The Hall–Kier alpha value is -2.59. The molecule has 2 heterocycles. The second-order valence-electron chi connectivity index (χ2n) is 5.34. The van der Waals surface area contributed by atoms with Crippen LogP contribution in [0.5, 0.6) is 0 Å². The summed E-state index contributed by atoms with van der Waals surface area (Å²) in [5.74, 6) is -2.34. The second-order valence-corrected chi connectivity index (χ2v) is 5.77. The van der Waals surface area contributed by atoms with Crippen molar-refractivity contribution in [1.29, 1.82) is 0 Å². The van der Waals surface area contributed by atoms with Crippen molar-refractivity contribution in [1.82, 2.24) is 25.2 Å². The van der Waals surface area contributed by atoms with Gasteiger partial charge in [0.05, 0.1) is 5.69 Å². The van der Waals surface area contributed by atoms with Gasteiger partial charge in [-0.25, -0.2) is 17.6 Å². The highest BCUT2D eigenvalue weighted by Gasteiger charge is 2.51. The van der Waals surface area contributed by atoms with Crippen LogP contribution in [0.15, 0.2) is 42.9 Å². The summed E-state index contributed by atoms with van der Waals surface area (Å²) >= 11 is 5.77. The van der Waals surface area contributed by atoms with Crippen molar-refractivity contribution in [3.8, 4) is 0 Å². The van der Waals surface area contributed by atoms with Crippen molar-refractivity contribution in [2.75, 3.05) is 0 Å². The van der Waals surface area contributed by atoms with Crippen molar-refractivity contribution in [2.24, 2.45) is 0 Å². The Morgan fingerprint density at radius 2 is 1.92 bits per heavy atom. The summed E-state index contributed by atoms with van der Waals surface area (Å²) in [6.07, 6.45) is -3.33. The third-order valence-electron chi connectivity index (χ3n) is 3.71. The van der Waals surface area contributed by atoms with Gasteiger partial charge in [0.15, 0.2) is 11.8 Å². The van der Waals surface area contributed by atoms with E-state index in [9.17, 15) is 13.9 Å². The Bertz CT molecular complexity index is 913. The van der Waals surface area contributed by atoms with Crippen LogP contribution in [0.4, 0.5) is 17.6 Å². The summed E-state index contributed by atoms with van der Waals surface area (Å²) in [6, 6.07) is 4.27. The first kappa shape index (κ1) is 18.2. The molecule has 3 atom stereocenters. The molecule has 3 unspecified atom stereocenters. The van der Waals surface area contributed by atoms with Gasteiger partial charge >= 0.3 is 0 Å². The maximum Gasteiger partial charge on any atom is 0.231 e. The maximum absolute atomic E-state index is 15.2. The Kier molecular flexibility index (Phi) is 4.88. The number of tetrazole rings is 1. The van der Waals surface area contributed by atoms with Crippen molar-refractivity contribution < 1.29 is 22.7 Å². The van der Waals surface area contributed by atoms with Crippen molar-refractivity contribution in [3.05, 3.63) is 70.8 Å². The summed E-state index contributed by atoms with van der Waals surface area (Å²) < 4.78 is 58.1. The van der Waals surface area contributed by atoms with Gasteiger partial charge in [-0.05, 0) is 34.7 Å². The zero-order chi connectivity index (χ0) is 18.9. The van der Waals surface area contributed by atoms with Gasteiger partial charge in [0.25, 0.3) is 0 Å². The second kappa shape index (κ2) is 6.96. The first-order valence-corrected chi connectivity index (χ1v) is 7.51. The average molecular weight is 388 g/mol. The molecule has 0 saturated heterocycles. The molecule has 2 aromatic heterocycles. The number of rotatable bonds is 5. The molecule has 0 spiro atoms. The minimum atomic E-state index is -3.16. The fourth-order valence-corrected chi connectivity index (χ4v) is 2.63. The van der Waals surface area contributed by atoms with Crippen LogP contribution in [0.3, 0.4) is 0 Å². The zero-order valence-electron chi connectivity index (χ0n) is 12.8. The van der Waals surface area contributed by atoms with Crippen LogP contribution in [0.2, 0.25) is 5.02 Å². The molecule has 1 aromatic carbocycles. The minimum absolute atomic E-state index is 0.0670. The fraction of sp³-hybridized carbons (Fsp3) is 0.200. The fourth-order valence-electron chi connectivity index (χ4n) is 2.46. The highest BCUT2D eigenvalue weighted by atomic mass is 35.5. The van der Waals surface area contributed by atoms with E-state index in [-0.39, 0.29) is 5.02 Å². The number of alkyl halides is 2. The molecule has 0 aliphatic heterocycles. The van der Waals surface area contributed by atoms with Gasteiger partial charge in [-0.1, -0.05) is 11.6 Å². The van der Waals surface area contributed by atoms with Crippen LogP contribution in [0.1, 0.15) is 23.7 Å². The number of halogens is 5. The SMILES string of the molecule is OC(c1ccc(F)cc1F)(C(F)c1cc(Cl)ccn1)C(F)n1cnnn1. The molecule has 0 aliphatic carbocycles. The topological polar surface area (TPSA) is 76.7 Å². The van der Waals surface area contributed by atoms with Crippen LogP contribution < -0.4 is 0 Å². The Morgan fingerprint density at radius 3 is 2.54 bits per heavy atom. The lowest BCUT2D eigenvalue weighted by Crippen LogP contribution is -2.40. The summed E-state index contributed by atoms with van der Waals surface area (Å²) in [7, 11) is 0. The summed E-state index contributed by atoms with van der Waals surface area (Å²) in [6.45, 7) is 0. The van der Waals surface area contributed by atoms with Gasteiger partial charge < -0.3 is 5.11 Å². The van der Waals surface area contributed by atoms with Crippen LogP contribution in [0.25, 0.3) is 0 Å². The largest absolute Gasteiger partial charge is 0.377 e. The summed E-state index contributed by atoms with van der Waals surface area (Å²) in [5.41, 5.74) is -4.46. The lowest BCUT2D eigenvalue weighted by atomic mass is 9.85. The van der Waals surface area contributed by atoms with Gasteiger partial charge in [-0.15, -0.1) is 5.10 Å². The standard InChI is InChI=1S/C15H10ClF4N5O/c16-8-3-4-21-12(5-8)13(19)15(26,14(20)25-7-22-23-24-25)10-2-1-9(17)6-11(10)18/h1-7,13-14,26H. The molecular weight excluding hydrogens is 378 g/mol. The van der Waals surface area contributed by atoms with E-state index in [1.165, 1.54) is 6.07 Å². The molecule has 0 amide bonds. The van der Waals surface area contributed by atoms with Crippen LogP contribution >= 0.6 is 11.6 Å². The van der Waals surface area contributed by atoms with E-state index in [1.807, 2.05) is 0 Å². The predicted octanol–water partition coefficient (Wildman–Crippen LogP) is 3.07. The van der Waals surface area contributed by atoms with Gasteiger partial charge in [0, 0.05) is 22.8 Å². The van der Waals surface area contributed by atoms with Crippen LogP contribution in [-0.2, 0) is 5.60 Å². The molecule has 0 fully saturated rings. The lowest BCUT2D eigenvalue weighted by molar-refractivity contribution is -0.137. The monoisotopic (exact) mass is 387 g/mol. The average Bonchev–Trinajstić information content (AvgIpc) is 3.14. The smallest absolute Gasteiger partial charge is 0.231 e. The Morgan fingerprint density at radius 1 is 1.15 bits per heavy atom. The molecule has 11 heteroatoms. The number of hydrogen-bond donors (Lipinski definition) is 1. The maximum atomic E-state index is 15.2. The zero-order valence-corrected chi connectivity index (χ0v) is 13.5. The van der Waals surface area contributed by atoms with Crippen molar-refractivity contribution >= 4 is 11.6 Å². The first-order valence-electron chi connectivity index (χ1n) is 7.14. The van der Waals surface area contributed by atoms with Gasteiger partial charge in [0.2, 0.25) is 6.30 Å². The quantitative estimate of drug-likeness (QED) is 0.681. The molecule has 3 rings (SSSR count). The third-order valence-corrected chi connectivity index (χ3v) is 3.95. The summed E-state index contributed by atoms with van der Waals surface area (Å²) in [5, 5.41) is 20.6. The van der Waals surface area contributed by atoms with Crippen molar-refractivity contribution in [2.45, 2.75) is 18.1 Å². The van der Waals surface area contributed by atoms with E-state index in [4.69, 9.17) is 11.6 Å². The number of benzene rings is 1. The normalized spacial score (nSPS) is 16.1. The number of aliphatic hydroxyl groups is 1. The number of hydrogen-bond acceptors (Lipinski definition) is 5. The van der Waals surface area contributed by atoms with Gasteiger partial charge in [-0.2, -0.15) is 4.68 Å². The lowest BCUT2D eigenvalue weighted by Gasteiger charge is -2.34. The summed E-state index contributed by atoms with van der Waals surface area (Å²) in [4.78, 5) is 3.70. The van der Waals surface area contributed by atoms with Gasteiger partial charge in [-0.3, -0.25) is 4.98 Å². The first-order chi connectivity index (χ1) is 12.3. The molecule has 3 aromatic rings.